The summed E-state index contributed by atoms with van der Waals surface area (Å²) >= 11 is 0. The first-order valence-electron chi connectivity index (χ1n) is 11.7. The van der Waals surface area contributed by atoms with Crippen molar-refractivity contribution in [2.45, 2.75) is 70.4 Å². The van der Waals surface area contributed by atoms with Crippen molar-refractivity contribution in [1.82, 2.24) is 10.2 Å². The maximum Gasteiger partial charge on any atom is 0.408 e. The number of ether oxygens (including phenoxy) is 2. The van der Waals surface area contributed by atoms with E-state index < -0.39 is 23.8 Å². The van der Waals surface area contributed by atoms with Crippen LogP contribution in [0.4, 0.5) is 4.79 Å². The van der Waals surface area contributed by atoms with Crippen LogP contribution in [-0.4, -0.2) is 40.6 Å². The van der Waals surface area contributed by atoms with Crippen molar-refractivity contribution in [2.75, 3.05) is 0 Å². The monoisotopic (exact) mass is 461 g/mol. The molecule has 2 aromatic rings. The number of benzene rings is 2. The molecule has 1 aliphatic heterocycles. The Morgan fingerprint density at radius 3 is 2.44 bits per heavy atom. The van der Waals surface area contributed by atoms with Crippen LogP contribution >= 0.6 is 0 Å². The Morgan fingerprint density at radius 2 is 1.79 bits per heavy atom. The van der Waals surface area contributed by atoms with Crippen molar-refractivity contribution in [3.63, 3.8) is 0 Å². The third kappa shape index (κ3) is 5.88. The maximum absolute atomic E-state index is 13.5. The van der Waals surface area contributed by atoms with E-state index in [1.54, 1.807) is 25.7 Å². The van der Waals surface area contributed by atoms with Crippen LogP contribution in [0, 0.1) is 17.2 Å². The summed E-state index contributed by atoms with van der Waals surface area (Å²) in [5.74, 6) is 0.893. The SMILES string of the molecule is CC(C)(C)OC(=O)NC(Cc1ccc(OCc2ccccc2)cc1)C(=O)N1C2C[C@H]2C[C@H]1C#N. The van der Waals surface area contributed by atoms with Gasteiger partial charge in [-0.1, -0.05) is 42.5 Å². The molecule has 7 heteroatoms. The molecular weight excluding hydrogens is 430 g/mol. The molecule has 4 rings (SSSR count). The van der Waals surface area contributed by atoms with Crippen LogP contribution in [0.2, 0.25) is 0 Å². The molecule has 2 fully saturated rings. The van der Waals surface area contributed by atoms with Crippen LogP contribution < -0.4 is 10.1 Å². The molecule has 2 aliphatic rings. The number of carbonyl (C=O) groups is 2. The fraction of sp³-hybridized carbons (Fsp3) is 0.444. The van der Waals surface area contributed by atoms with Gasteiger partial charge < -0.3 is 19.7 Å². The summed E-state index contributed by atoms with van der Waals surface area (Å²) in [6, 6.07) is 18.5. The highest BCUT2D eigenvalue weighted by Gasteiger charge is 2.55. The minimum atomic E-state index is -0.818. The van der Waals surface area contributed by atoms with Crippen LogP contribution in [-0.2, 0) is 22.6 Å². The molecule has 0 bridgehead atoms. The third-order valence-electron chi connectivity index (χ3n) is 6.11. The first-order chi connectivity index (χ1) is 16.2. The van der Waals surface area contributed by atoms with Gasteiger partial charge in [0, 0.05) is 12.5 Å². The van der Waals surface area contributed by atoms with Crippen LogP contribution in [0.3, 0.4) is 0 Å². The van der Waals surface area contributed by atoms with Gasteiger partial charge in [-0.05, 0) is 62.8 Å². The number of amides is 2. The summed E-state index contributed by atoms with van der Waals surface area (Å²) in [7, 11) is 0. The molecule has 2 aromatic carbocycles. The standard InChI is InChI=1S/C27H31N3O4/c1-27(2,3)34-26(32)29-23(25(31)30-21(16-28)14-20-15-24(20)30)13-18-9-11-22(12-10-18)33-17-19-7-5-4-6-8-19/h4-12,20-21,23-24H,13-15,17H2,1-3H3,(H,29,32)/t20-,21+,23?,24?/m1/s1. The van der Waals surface area contributed by atoms with Crippen molar-refractivity contribution in [3.8, 4) is 11.8 Å². The topological polar surface area (TPSA) is 91.7 Å². The third-order valence-corrected chi connectivity index (χ3v) is 6.11. The number of nitrogens with zero attached hydrogens (tertiary/aromatic N) is 2. The number of piperidine rings is 1. The molecule has 0 spiro atoms. The lowest BCUT2D eigenvalue weighted by atomic mass is 10.0. The summed E-state index contributed by atoms with van der Waals surface area (Å²) in [5, 5.41) is 12.3. The van der Waals surface area contributed by atoms with Gasteiger partial charge in [-0.25, -0.2) is 4.79 Å². The minimum Gasteiger partial charge on any atom is -0.489 e. The number of hydrogen-bond donors (Lipinski definition) is 1. The number of alkyl carbamates (subject to hydrolysis) is 1. The second kappa shape index (κ2) is 9.76. The van der Waals surface area contributed by atoms with Crippen LogP contribution in [0.15, 0.2) is 54.6 Å². The van der Waals surface area contributed by atoms with E-state index in [0.29, 0.717) is 25.4 Å². The molecule has 1 N–H and O–H groups in total. The quantitative estimate of drug-likeness (QED) is 0.667. The first kappa shape index (κ1) is 23.6. The van der Waals surface area contributed by atoms with Gasteiger partial charge in [-0.15, -0.1) is 0 Å². The average molecular weight is 462 g/mol. The van der Waals surface area contributed by atoms with Crippen molar-refractivity contribution in [1.29, 1.82) is 5.26 Å². The highest BCUT2D eigenvalue weighted by Crippen LogP contribution is 2.47. The van der Waals surface area contributed by atoms with Crippen molar-refractivity contribution < 1.29 is 19.1 Å². The molecule has 4 atom stereocenters. The van der Waals surface area contributed by atoms with Gasteiger partial charge in [0.05, 0.1) is 6.07 Å². The van der Waals surface area contributed by atoms with Gasteiger partial charge in [0.2, 0.25) is 5.91 Å². The first-order valence-corrected chi connectivity index (χ1v) is 11.7. The van der Waals surface area contributed by atoms with E-state index in [-0.39, 0.29) is 11.9 Å². The molecule has 2 amide bonds. The fourth-order valence-corrected chi connectivity index (χ4v) is 4.42. The van der Waals surface area contributed by atoms with Crippen molar-refractivity contribution in [2.24, 2.45) is 5.92 Å². The highest BCUT2D eigenvalue weighted by atomic mass is 16.6. The Balaban J connectivity index is 1.44. The van der Waals surface area contributed by atoms with Gasteiger partial charge in [0.25, 0.3) is 0 Å². The molecule has 2 unspecified atom stereocenters. The molecular formula is C27H31N3O4. The zero-order chi connectivity index (χ0) is 24.3. The fourth-order valence-electron chi connectivity index (χ4n) is 4.42. The van der Waals surface area contributed by atoms with E-state index in [1.165, 1.54) is 0 Å². The Kier molecular flexibility index (Phi) is 6.78. The minimum absolute atomic E-state index is 0.105. The summed E-state index contributed by atoms with van der Waals surface area (Å²) < 4.78 is 11.2. The summed E-state index contributed by atoms with van der Waals surface area (Å²) in [5.41, 5.74) is 1.27. The number of likely N-dealkylation sites (tertiary alicyclic amines) is 1. The smallest absolute Gasteiger partial charge is 0.408 e. The van der Waals surface area contributed by atoms with E-state index in [0.717, 1.165) is 23.3 Å². The number of carbonyl (C=O) groups excluding carboxylic acids is 2. The van der Waals surface area contributed by atoms with Gasteiger partial charge in [0.15, 0.2) is 0 Å². The second-order valence-corrected chi connectivity index (χ2v) is 10.0. The van der Waals surface area contributed by atoms with E-state index in [1.807, 2.05) is 54.6 Å². The van der Waals surface area contributed by atoms with E-state index in [9.17, 15) is 14.9 Å². The molecule has 178 valence electrons. The zero-order valence-corrected chi connectivity index (χ0v) is 19.9. The summed E-state index contributed by atoms with van der Waals surface area (Å²) in [4.78, 5) is 27.6. The molecule has 34 heavy (non-hydrogen) atoms. The van der Waals surface area contributed by atoms with Crippen LogP contribution in [0.5, 0.6) is 5.75 Å². The highest BCUT2D eigenvalue weighted by molar-refractivity contribution is 5.87. The van der Waals surface area contributed by atoms with E-state index >= 15 is 0 Å². The average Bonchev–Trinajstić information content (AvgIpc) is 3.46. The van der Waals surface area contributed by atoms with Crippen molar-refractivity contribution in [3.05, 3.63) is 65.7 Å². The number of nitrogens with one attached hydrogen (secondary N) is 1. The predicted molar refractivity (Wildman–Crippen MR) is 127 cm³/mol. The number of fused-ring (bicyclic) bond motifs is 1. The summed E-state index contributed by atoms with van der Waals surface area (Å²) in [6.07, 6.45) is 1.28. The molecule has 1 aliphatic carbocycles. The molecule has 1 heterocycles. The number of hydrogen-bond acceptors (Lipinski definition) is 5. The Bertz CT molecular complexity index is 1060. The molecule has 0 radical (unpaired) electrons. The Morgan fingerprint density at radius 1 is 1.09 bits per heavy atom. The molecule has 7 nitrogen and oxygen atoms in total. The van der Waals surface area contributed by atoms with Gasteiger partial charge in [-0.3, -0.25) is 4.79 Å². The predicted octanol–water partition coefficient (Wildman–Crippen LogP) is 4.21. The Hall–Kier alpha value is -3.53. The second-order valence-electron chi connectivity index (χ2n) is 10.0. The number of rotatable bonds is 7. The van der Waals surface area contributed by atoms with Gasteiger partial charge in [-0.2, -0.15) is 5.26 Å². The normalized spacial score (nSPS) is 21.7. The maximum atomic E-state index is 13.5. The van der Waals surface area contributed by atoms with Crippen molar-refractivity contribution >= 4 is 12.0 Å². The lowest BCUT2D eigenvalue weighted by molar-refractivity contribution is -0.134. The van der Waals surface area contributed by atoms with Gasteiger partial charge >= 0.3 is 6.09 Å². The van der Waals surface area contributed by atoms with E-state index in [2.05, 4.69) is 11.4 Å². The largest absolute Gasteiger partial charge is 0.489 e. The Labute approximate surface area is 200 Å². The summed E-state index contributed by atoms with van der Waals surface area (Å²) in [6.45, 7) is 5.80. The molecule has 1 saturated carbocycles. The molecule has 0 aromatic heterocycles. The lowest BCUT2D eigenvalue weighted by Gasteiger charge is -2.29. The molecule has 1 saturated heterocycles. The van der Waals surface area contributed by atoms with Crippen LogP contribution in [0.1, 0.15) is 44.7 Å². The van der Waals surface area contributed by atoms with Gasteiger partial charge in [0.1, 0.15) is 30.0 Å². The van der Waals surface area contributed by atoms with E-state index in [4.69, 9.17) is 9.47 Å². The zero-order valence-electron chi connectivity index (χ0n) is 19.9. The van der Waals surface area contributed by atoms with Crippen LogP contribution in [0.25, 0.3) is 0 Å². The lowest BCUT2D eigenvalue weighted by Crippen LogP contribution is -2.52. The number of nitriles is 1.